The van der Waals surface area contributed by atoms with Crippen LogP contribution in [0, 0.1) is 6.92 Å². The molecule has 31 heavy (non-hydrogen) atoms. The molecule has 0 aliphatic rings. The molecule has 0 radical (unpaired) electrons. The molecule has 1 amide bonds. The van der Waals surface area contributed by atoms with Crippen molar-refractivity contribution in [1.29, 1.82) is 0 Å². The number of nitrogens with zero attached hydrogens (tertiary/aromatic N) is 4. The highest BCUT2D eigenvalue weighted by atomic mass is 19.3. The largest absolute Gasteiger partial charge is 0.378 e. The quantitative estimate of drug-likeness (QED) is 0.581. The van der Waals surface area contributed by atoms with E-state index in [2.05, 4.69) is 30.6 Å². The molecule has 0 aromatic carbocycles. The van der Waals surface area contributed by atoms with E-state index in [-0.39, 0.29) is 11.7 Å². The Labute approximate surface area is 178 Å². The van der Waals surface area contributed by atoms with Crippen molar-refractivity contribution in [2.45, 2.75) is 33.3 Å². The molecule has 3 heterocycles. The lowest BCUT2D eigenvalue weighted by atomic mass is 10.1. The van der Waals surface area contributed by atoms with E-state index >= 15 is 0 Å². The van der Waals surface area contributed by atoms with Crippen LogP contribution < -0.4 is 10.6 Å². The maximum atomic E-state index is 13.8. The molecule has 2 N–H and O–H groups in total. The first-order valence-corrected chi connectivity index (χ1v) is 9.39. The third-order valence-electron chi connectivity index (χ3n) is 4.09. The summed E-state index contributed by atoms with van der Waals surface area (Å²) in [5, 5.41) is 5.65. The second-order valence-corrected chi connectivity index (χ2v) is 6.98. The number of ether oxygens (including phenoxy) is 1. The summed E-state index contributed by atoms with van der Waals surface area (Å²) in [4.78, 5) is 28.0. The van der Waals surface area contributed by atoms with Gasteiger partial charge in [-0.3, -0.25) is 9.78 Å². The highest BCUT2D eigenvalue weighted by Crippen LogP contribution is 2.32. The zero-order valence-electron chi connectivity index (χ0n) is 17.5. The van der Waals surface area contributed by atoms with Gasteiger partial charge in [0.25, 0.3) is 0 Å². The summed E-state index contributed by atoms with van der Waals surface area (Å²) in [5.41, 5.74) is 2.75. The summed E-state index contributed by atoms with van der Waals surface area (Å²) in [6, 6.07) is 8.57. The molecule has 0 aliphatic carbocycles. The third kappa shape index (κ3) is 5.76. The maximum absolute atomic E-state index is 13.8. The van der Waals surface area contributed by atoms with Crippen molar-refractivity contribution < 1.29 is 18.3 Å². The molecule has 0 spiro atoms. The number of hydrogen-bond donors (Lipinski definition) is 2. The molecule has 0 bridgehead atoms. The van der Waals surface area contributed by atoms with E-state index in [9.17, 15) is 13.6 Å². The molecule has 3 aromatic rings. The van der Waals surface area contributed by atoms with Crippen LogP contribution in [0.4, 0.5) is 26.1 Å². The molecule has 8 nitrogen and oxygen atoms in total. The first-order chi connectivity index (χ1) is 14.7. The number of pyridine rings is 2. The van der Waals surface area contributed by atoms with Crippen molar-refractivity contribution in [3.63, 3.8) is 0 Å². The number of methoxy groups -OCH3 is 1. The molecular weight excluding hydrogens is 406 g/mol. The third-order valence-corrected chi connectivity index (χ3v) is 4.09. The van der Waals surface area contributed by atoms with Crippen molar-refractivity contribution in [1.82, 2.24) is 19.9 Å². The molecule has 0 saturated heterocycles. The summed E-state index contributed by atoms with van der Waals surface area (Å²) in [5.74, 6) is -3.61. The zero-order chi connectivity index (χ0) is 22.6. The molecule has 0 unspecified atom stereocenters. The van der Waals surface area contributed by atoms with Crippen LogP contribution in [0.2, 0.25) is 0 Å². The van der Waals surface area contributed by atoms with Crippen LogP contribution in [0.3, 0.4) is 0 Å². The van der Waals surface area contributed by atoms with E-state index in [0.29, 0.717) is 40.8 Å². The lowest BCUT2D eigenvalue weighted by Gasteiger charge is -2.15. The number of carbonyl (C=O) groups excluding carboxylic acids is 1. The average Bonchev–Trinajstić information content (AvgIpc) is 2.67. The van der Waals surface area contributed by atoms with E-state index in [1.807, 2.05) is 12.1 Å². The number of carbonyl (C=O) groups is 1. The van der Waals surface area contributed by atoms with E-state index in [1.54, 1.807) is 32.2 Å². The van der Waals surface area contributed by atoms with Crippen molar-refractivity contribution in [3.05, 3.63) is 53.7 Å². The molecule has 0 aliphatic heterocycles. The van der Waals surface area contributed by atoms with Crippen molar-refractivity contribution in [2.75, 3.05) is 17.7 Å². The SMILES string of the molecule is COCc1cccc(-c2cnc(NC(C)=O)cc2Nc2cc(C)nc(C(C)(F)F)n2)n1. The number of aryl methyl sites for hydroxylation is 1. The number of aromatic nitrogens is 4. The van der Waals surface area contributed by atoms with Gasteiger partial charge in [0.2, 0.25) is 11.7 Å². The van der Waals surface area contributed by atoms with E-state index < -0.39 is 11.7 Å². The summed E-state index contributed by atoms with van der Waals surface area (Å²) in [6.45, 7) is 4.04. The molecule has 3 aromatic heterocycles. The molecule has 162 valence electrons. The number of amides is 1. The van der Waals surface area contributed by atoms with Crippen molar-refractivity contribution in [3.8, 4) is 11.3 Å². The second kappa shape index (κ2) is 9.09. The fourth-order valence-corrected chi connectivity index (χ4v) is 2.84. The summed E-state index contributed by atoms with van der Waals surface area (Å²) in [7, 11) is 1.57. The van der Waals surface area contributed by atoms with E-state index in [0.717, 1.165) is 6.92 Å². The zero-order valence-corrected chi connectivity index (χ0v) is 17.5. The first-order valence-electron chi connectivity index (χ1n) is 9.39. The predicted molar refractivity (Wildman–Crippen MR) is 112 cm³/mol. The number of rotatable bonds is 7. The van der Waals surface area contributed by atoms with Crippen LogP contribution in [0.15, 0.2) is 36.5 Å². The summed E-state index contributed by atoms with van der Waals surface area (Å²) < 4.78 is 32.7. The van der Waals surface area contributed by atoms with Crippen LogP contribution >= 0.6 is 0 Å². The van der Waals surface area contributed by atoms with E-state index in [1.165, 1.54) is 13.1 Å². The van der Waals surface area contributed by atoms with Gasteiger partial charge < -0.3 is 15.4 Å². The Morgan fingerprint density at radius 3 is 2.61 bits per heavy atom. The van der Waals surface area contributed by atoms with Gasteiger partial charge in [0, 0.05) is 50.5 Å². The molecule has 3 rings (SSSR count). The predicted octanol–water partition coefficient (Wildman–Crippen LogP) is 4.20. The number of anilines is 3. The minimum absolute atomic E-state index is 0.179. The molecule has 10 heteroatoms. The summed E-state index contributed by atoms with van der Waals surface area (Å²) >= 11 is 0. The van der Waals surface area contributed by atoms with Gasteiger partial charge in [-0.15, -0.1) is 0 Å². The molecular formula is C21H22F2N6O2. The number of alkyl halides is 2. The fraction of sp³-hybridized carbons (Fsp3) is 0.286. The summed E-state index contributed by atoms with van der Waals surface area (Å²) in [6.07, 6.45) is 1.54. The Balaban J connectivity index is 2.08. The lowest BCUT2D eigenvalue weighted by Crippen LogP contribution is -2.14. The molecule has 0 atom stereocenters. The number of hydrogen-bond acceptors (Lipinski definition) is 7. The van der Waals surface area contributed by atoms with Gasteiger partial charge in [-0.25, -0.2) is 15.0 Å². The smallest absolute Gasteiger partial charge is 0.303 e. The van der Waals surface area contributed by atoms with Crippen LogP contribution in [0.5, 0.6) is 0 Å². The minimum atomic E-state index is -3.19. The maximum Gasteiger partial charge on any atom is 0.303 e. The van der Waals surface area contributed by atoms with Crippen LogP contribution in [0.25, 0.3) is 11.3 Å². The van der Waals surface area contributed by atoms with Gasteiger partial charge in [0.1, 0.15) is 11.6 Å². The molecule has 0 fully saturated rings. The van der Waals surface area contributed by atoms with Gasteiger partial charge in [0.15, 0.2) is 0 Å². The van der Waals surface area contributed by atoms with Gasteiger partial charge in [-0.2, -0.15) is 8.78 Å². The number of nitrogens with one attached hydrogen (secondary N) is 2. The average molecular weight is 428 g/mol. The van der Waals surface area contributed by atoms with Crippen molar-refractivity contribution >= 4 is 23.2 Å². The number of halogens is 2. The highest BCUT2D eigenvalue weighted by molar-refractivity contribution is 5.89. The first kappa shape index (κ1) is 22.2. The van der Waals surface area contributed by atoms with E-state index in [4.69, 9.17) is 4.74 Å². The lowest BCUT2D eigenvalue weighted by molar-refractivity contribution is -0.114. The highest BCUT2D eigenvalue weighted by Gasteiger charge is 2.29. The van der Waals surface area contributed by atoms with Gasteiger partial charge in [-0.1, -0.05) is 6.07 Å². The van der Waals surface area contributed by atoms with Gasteiger partial charge in [-0.05, 0) is 19.1 Å². The normalized spacial score (nSPS) is 11.3. The minimum Gasteiger partial charge on any atom is -0.378 e. The Hall–Kier alpha value is -3.53. The van der Waals surface area contributed by atoms with Crippen LogP contribution in [-0.2, 0) is 22.1 Å². The standard InChI is InChI=1S/C21H22F2N6O2/c1-12-8-19(29-20(25-12)21(3,22)23)28-17-9-18(26-13(2)30)24-10-15(17)16-7-5-6-14(27-16)11-31-4/h5-10H,11H2,1-4H3,(H2,24,25,26,28,29,30). The van der Waals surface area contributed by atoms with Crippen LogP contribution in [-0.4, -0.2) is 33.0 Å². The second-order valence-electron chi connectivity index (χ2n) is 6.98. The topological polar surface area (TPSA) is 102 Å². The fourth-order valence-electron chi connectivity index (χ4n) is 2.84. The van der Waals surface area contributed by atoms with Gasteiger partial charge >= 0.3 is 5.92 Å². The monoisotopic (exact) mass is 428 g/mol. The Bertz CT molecular complexity index is 1100. The Morgan fingerprint density at radius 2 is 1.94 bits per heavy atom. The van der Waals surface area contributed by atoms with Crippen molar-refractivity contribution in [2.24, 2.45) is 0 Å². The van der Waals surface area contributed by atoms with Gasteiger partial charge in [0.05, 0.1) is 23.7 Å². The Morgan fingerprint density at radius 1 is 1.16 bits per heavy atom. The Kier molecular flexibility index (Phi) is 6.50. The van der Waals surface area contributed by atoms with Crippen LogP contribution in [0.1, 0.15) is 31.1 Å². The molecule has 0 saturated carbocycles.